The topological polar surface area (TPSA) is 95.4 Å². The minimum Gasteiger partial charge on any atom is -0.456 e. The fourth-order valence-corrected chi connectivity index (χ4v) is 3.80. The molecule has 8 heteroatoms. The number of ether oxygens (including phenoxy) is 1. The van der Waals surface area contributed by atoms with E-state index in [2.05, 4.69) is 38.2 Å². The SMILES string of the molecule is CC(=O)OC(Cc1cn2cc(C3CC3)cc(Br)c2n1)c1cc(N)nc(C)n1. The Labute approximate surface area is 165 Å². The van der Waals surface area contributed by atoms with Gasteiger partial charge < -0.3 is 14.9 Å². The second kappa shape index (κ2) is 6.92. The number of fused-ring (bicyclic) bond motifs is 1. The lowest BCUT2D eigenvalue weighted by Gasteiger charge is -2.16. The van der Waals surface area contributed by atoms with Crippen molar-refractivity contribution in [1.29, 1.82) is 0 Å². The number of nitrogen functional groups attached to an aromatic ring is 1. The molecular weight excluding hydrogens is 410 g/mol. The van der Waals surface area contributed by atoms with Crippen LogP contribution in [0.15, 0.2) is 29.0 Å². The number of aryl methyl sites for hydroxylation is 1. The minimum atomic E-state index is -0.571. The zero-order valence-corrected chi connectivity index (χ0v) is 16.7. The van der Waals surface area contributed by atoms with E-state index in [1.807, 2.05) is 10.6 Å². The van der Waals surface area contributed by atoms with Crippen molar-refractivity contribution < 1.29 is 9.53 Å². The molecule has 4 rings (SSSR count). The molecule has 1 fully saturated rings. The Morgan fingerprint density at radius 1 is 1.33 bits per heavy atom. The number of pyridine rings is 1. The van der Waals surface area contributed by atoms with Crippen molar-refractivity contribution in [2.45, 2.75) is 45.1 Å². The highest BCUT2D eigenvalue weighted by Crippen LogP contribution is 2.41. The number of nitrogens with zero attached hydrogens (tertiary/aromatic N) is 4. The molecule has 0 saturated heterocycles. The van der Waals surface area contributed by atoms with Gasteiger partial charge in [-0.25, -0.2) is 15.0 Å². The van der Waals surface area contributed by atoms with E-state index in [0.29, 0.717) is 29.7 Å². The molecule has 0 radical (unpaired) electrons. The molecule has 0 bridgehead atoms. The first-order valence-electron chi connectivity index (χ1n) is 8.84. The van der Waals surface area contributed by atoms with Gasteiger partial charge in [0.05, 0.1) is 15.9 Å². The smallest absolute Gasteiger partial charge is 0.303 e. The molecule has 1 aliphatic carbocycles. The second-order valence-corrected chi connectivity index (χ2v) is 7.78. The van der Waals surface area contributed by atoms with Gasteiger partial charge in [0, 0.05) is 31.8 Å². The Morgan fingerprint density at radius 2 is 2.11 bits per heavy atom. The summed E-state index contributed by atoms with van der Waals surface area (Å²) < 4.78 is 8.49. The zero-order chi connectivity index (χ0) is 19.1. The lowest BCUT2D eigenvalue weighted by atomic mass is 10.1. The average Bonchev–Trinajstić information content (AvgIpc) is 3.34. The second-order valence-electron chi connectivity index (χ2n) is 6.93. The number of hydrogen-bond donors (Lipinski definition) is 1. The summed E-state index contributed by atoms with van der Waals surface area (Å²) in [5, 5.41) is 0. The monoisotopic (exact) mass is 429 g/mol. The fourth-order valence-electron chi connectivity index (χ4n) is 3.24. The predicted molar refractivity (Wildman–Crippen MR) is 104 cm³/mol. The fraction of sp³-hybridized carbons (Fsp3) is 0.368. The Hall–Kier alpha value is -2.48. The predicted octanol–water partition coefficient (Wildman–Crippen LogP) is 3.50. The molecule has 7 nitrogen and oxygen atoms in total. The van der Waals surface area contributed by atoms with E-state index in [1.54, 1.807) is 13.0 Å². The van der Waals surface area contributed by atoms with Crippen LogP contribution in [-0.2, 0) is 16.0 Å². The van der Waals surface area contributed by atoms with Crippen LogP contribution in [0.5, 0.6) is 0 Å². The van der Waals surface area contributed by atoms with Gasteiger partial charge in [0.15, 0.2) is 5.65 Å². The normalized spacial score (nSPS) is 15.1. The van der Waals surface area contributed by atoms with Gasteiger partial charge in [-0.2, -0.15) is 0 Å². The summed E-state index contributed by atoms with van der Waals surface area (Å²) in [6, 6.07) is 3.78. The van der Waals surface area contributed by atoms with Crippen molar-refractivity contribution in [3.8, 4) is 0 Å². The quantitative estimate of drug-likeness (QED) is 0.623. The van der Waals surface area contributed by atoms with Gasteiger partial charge in [0.1, 0.15) is 17.7 Å². The highest BCUT2D eigenvalue weighted by atomic mass is 79.9. The first-order chi connectivity index (χ1) is 12.9. The molecule has 1 unspecified atom stereocenters. The maximum Gasteiger partial charge on any atom is 0.303 e. The summed E-state index contributed by atoms with van der Waals surface area (Å²) in [5.41, 5.74) is 9.38. The molecule has 27 heavy (non-hydrogen) atoms. The zero-order valence-electron chi connectivity index (χ0n) is 15.1. The number of rotatable bonds is 5. The summed E-state index contributed by atoms with van der Waals surface area (Å²) >= 11 is 3.62. The number of carbonyl (C=O) groups excluding carboxylic acids is 1. The van der Waals surface area contributed by atoms with Crippen molar-refractivity contribution in [1.82, 2.24) is 19.4 Å². The van der Waals surface area contributed by atoms with Crippen molar-refractivity contribution in [3.63, 3.8) is 0 Å². The van der Waals surface area contributed by atoms with Crippen LogP contribution in [0, 0.1) is 6.92 Å². The molecule has 0 spiro atoms. The van der Waals surface area contributed by atoms with E-state index < -0.39 is 6.10 Å². The lowest BCUT2D eigenvalue weighted by Crippen LogP contribution is -2.14. The molecule has 1 atom stereocenters. The molecule has 140 valence electrons. The molecule has 0 aromatic carbocycles. The first kappa shape index (κ1) is 17.9. The van der Waals surface area contributed by atoms with E-state index in [9.17, 15) is 4.79 Å². The van der Waals surface area contributed by atoms with Crippen molar-refractivity contribution in [2.24, 2.45) is 0 Å². The van der Waals surface area contributed by atoms with Gasteiger partial charge in [0.2, 0.25) is 0 Å². The third-order valence-electron chi connectivity index (χ3n) is 4.54. The number of carbonyl (C=O) groups is 1. The number of imidazole rings is 1. The van der Waals surface area contributed by atoms with Gasteiger partial charge >= 0.3 is 5.97 Å². The molecule has 3 heterocycles. The molecular formula is C19H20BrN5O2. The molecule has 1 saturated carbocycles. The highest BCUT2D eigenvalue weighted by Gasteiger charge is 2.25. The summed E-state index contributed by atoms with van der Waals surface area (Å²) in [6.45, 7) is 3.14. The first-order valence-corrected chi connectivity index (χ1v) is 9.63. The third kappa shape index (κ3) is 3.95. The number of hydrogen-bond acceptors (Lipinski definition) is 6. The van der Waals surface area contributed by atoms with Crippen LogP contribution in [0.1, 0.15) is 54.6 Å². The van der Waals surface area contributed by atoms with Crippen LogP contribution in [-0.4, -0.2) is 25.3 Å². The van der Waals surface area contributed by atoms with Gasteiger partial charge in [-0.1, -0.05) is 0 Å². The summed E-state index contributed by atoms with van der Waals surface area (Å²) in [6.07, 6.45) is 6.41. The van der Waals surface area contributed by atoms with Crippen molar-refractivity contribution in [3.05, 3.63) is 51.8 Å². The van der Waals surface area contributed by atoms with Crippen molar-refractivity contribution >= 4 is 33.4 Å². The van der Waals surface area contributed by atoms with E-state index >= 15 is 0 Å². The average molecular weight is 430 g/mol. The van der Waals surface area contributed by atoms with Gasteiger partial charge in [-0.3, -0.25) is 4.79 Å². The van der Waals surface area contributed by atoms with Crippen LogP contribution in [0.3, 0.4) is 0 Å². The Kier molecular flexibility index (Phi) is 4.59. The maximum absolute atomic E-state index is 11.6. The number of nitrogens with two attached hydrogens (primary N) is 1. The van der Waals surface area contributed by atoms with Gasteiger partial charge in [-0.15, -0.1) is 0 Å². The molecule has 0 aliphatic heterocycles. The van der Waals surface area contributed by atoms with Crippen LogP contribution in [0.25, 0.3) is 5.65 Å². The van der Waals surface area contributed by atoms with Gasteiger partial charge in [0.25, 0.3) is 0 Å². The molecule has 2 N–H and O–H groups in total. The van der Waals surface area contributed by atoms with E-state index in [1.165, 1.54) is 25.3 Å². The number of esters is 1. The Bertz CT molecular complexity index is 1010. The third-order valence-corrected chi connectivity index (χ3v) is 5.12. The molecule has 3 aromatic rings. The maximum atomic E-state index is 11.6. The molecule has 1 aliphatic rings. The van der Waals surface area contributed by atoms with E-state index in [0.717, 1.165) is 15.8 Å². The molecule has 3 aromatic heterocycles. The Balaban J connectivity index is 1.68. The van der Waals surface area contributed by atoms with E-state index in [4.69, 9.17) is 15.5 Å². The van der Waals surface area contributed by atoms with Crippen LogP contribution in [0.2, 0.25) is 0 Å². The number of anilines is 1. The number of aromatic nitrogens is 4. The minimum absolute atomic E-state index is 0.349. The number of halogens is 1. The summed E-state index contributed by atoms with van der Waals surface area (Å²) in [5.74, 6) is 1.16. The Morgan fingerprint density at radius 3 is 2.78 bits per heavy atom. The van der Waals surface area contributed by atoms with Crippen LogP contribution < -0.4 is 5.73 Å². The van der Waals surface area contributed by atoms with Crippen molar-refractivity contribution in [2.75, 3.05) is 5.73 Å². The largest absolute Gasteiger partial charge is 0.456 e. The van der Waals surface area contributed by atoms with Crippen LogP contribution >= 0.6 is 15.9 Å². The summed E-state index contributed by atoms with van der Waals surface area (Å²) in [4.78, 5) is 24.8. The lowest BCUT2D eigenvalue weighted by molar-refractivity contribution is -0.146. The van der Waals surface area contributed by atoms with Gasteiger partial charge in [-0.05, 0) is 53.2 Å². The standard InChI is InChI=1S/C19H20BrN5O2/c1-10-22-16(7-18(21)23-10)17(27-11(2)26)6-14-9-25-8-13(12-3-4-12)5-15(20)19(25)24-14/h5,7-9,12,17H,3-4,6H2,1-2H3,(H2,21,22,23). The molecule has 0 amide bonds. The highest BCUT2D eigenvalue weighted by molar-refractivity contribution is 9.10. The summed E-state index contributed by atoms with van der Waals surface area (Å²) in [7, 11) is 0. The van der Waals surface area contributed by atoms with Crippen LogP contribution in [0.4, 0.5) is 5.82 Å². The van der Waals surface area contributed by atoms with E-state index in [-0.39, 0.29) is 5.97 Å².